The summed E-state index contributed by atoms with van der Waals surface area (Å²) in [6.45, 7) is 2.26. The Morgan fingerprint density at radius 1 is 1.42 bits per heavy atom. The van der Waals surface area contributed by atoms with Crippen LogP contribution in [-0.4, -0.2) is 38.6 Å². The van der Waals surface area contributed by atoms with Crippen LogP contribution in [0.2, 0.25) is 0 Å². The molecule has 0 spiro atoms. The fourth-order valence-corrected chi connectivity index (χ4v) is 4.12. The Labute approximate surface area is 139 Å². The molecular weight excluding hydrogens is 310 g/mol. The van der Waals surface area contributed by atoms with Crippen LogP contribution < -0.4 is 0 Å². The molecule has 0 unspecified atom stereocenters. The second kappa shape index (κ2) is 5.82. The fraction of sp³-hybridized carbons (Fsp3) is 0.588. The number of benzene rings is 1. The minimum absolute atomic E-state index is 0.0209. The summed E-state index contributed by atoms with van der Waals surface area (Å²) in [5, 5.41) is 21.6. The summed E-state index contributed by atoms with van der Waals surface area (Å²) >= 11 is 0. The van der Waals surface area contributed by atoms with Gasteiger partial charge in [0.25, 0.3) is 5.69 Å². The maximum absolute atomic E-state index is 10.8. The average Bonchev–Trinajstić information content (AvgIpc) is 2.96. The van der Waals surface area contributed by atoms with Crippen molar-refractivity contribution in [2.24, 2.45) is 5.92 Å². The zero-order valence-corrected chi connectivity index (χ0v) is 13.5. The third-order valence-corrected chi connectivity index (χ3v) is 5.50. The summed E-state index contributed by atoms with van der Waals surface area (Å²) < 4.78 is 5.73. The third-order valence-electron chi connectivity index (χ3n) is 5.50. The van der Waals surface area contributed by atoms with E-state index in [0.29, 0.717) is 29.5 Å². The van der Waals surface area contributed by atoms with Crippen molar-refractivity contribution >= 4 is 16.8 Å². The Morgan fingerprint density at radius 3 is 3.12 bits per heavy atom. The van der Waals surface area contributed by atoms with Gasteiger partial charge in [-0.15, -0.1) is 0 Å². The normalized spacial score (nSPS) is 28.0. The summed E-state index contributed by atoms with van der Waals surface area (Å²) in [5.41, 5.74) is 0.621. The first-order valence-electron chi connectivity index (χ1n) is 8.52. The largest absolute Gasteiger partial charge is 0.439 e. The molecule has 24 heavy (non-hydrogen) atoms. The highest BCUT2D eigenvalue weighted by Gasteiger charge is 2.42. The molecule has 2 aromatic rings. The zero-order valence-electron chi connectivity index (χ0n) is 13.5. The van der Waals surface area contributed by atoms with Crippen LogP contribution in [0.15, 0.2) is 22.6 Å². The van der Waals surface area contributed by atoms with Gasteiger partial charge in [-0.1, -0.05) is 12.8 Å². The van der Waals surface area contributed by atoms with Crippen molar-refractivity contribution in [3.63, 3.8) is 0 Å². The molecule has 1 aromatic heterocycles. The van der Waals surface area contributed by atoms with Gasteiger partial charge in [0.05, 0.1) is 17.1 Å². The number of hydrogen-bond acceptors (Lipinski definition) is 6. The van der Waals surface area contributed by atoms with Crippen molar-refractivity contribution < 1.29 is 14.4 Å². The summed E-state index contributed by atoms with van der Waals surface area (Å²) in [7, 11) is 0. The van der Waals surface area contributed by atoms with Gasteiger partial charge in [-0.3, -0.25) is 15.0 Å². The van der Waals surface area contributed by atoms with E-state index < -0.39 is 10.5 Å². The van der Waals surface area contributed by atoms with E-state index in [9.17, 15) is 15.2 Å². The lowest BCUT2D eigenvalue weighted by atomic mass is 9.71. The Bertz CT molecular complexity index is 774. The van der Waals surface area contributed by atoms with Gasteiger partial charge in [-0.2, -0.15) is 0 Å². The van der Waals surface area contributed by atoms with Gasteiger partial charge >= 0.3 is 0 Å². The summed E-state index contributed by atoms with van der Waals surface area (Å²) in [6.07, 6.45) is 5.10. The van der Waals surface area contributed by atoms with E-state index in [1.165, 1.54) is 18.6 Å². The molecule has 128 valence electrons. The summed E-state index contributed by atoms with van der Waals surface area (Å²) in [5.74, 6) is 0.900. The van der Waals surface area contributed by atoms with Crippen LogP contribution in [0, 0.1) is 16.0 Å². The molecule has 7 heteroatoms. The molecule has 1 saturated heterocycles. The van der Waals surface area contributed by atoms with Crippen molar-refractivity contribution in [1.82, 2.24) is 9.88 Å². The first-order chi connectivity index (χ1) is 11.5. The first kappa shape index (κ1) is 15.5. The number of nitro groups is 1. The van der Waals surface area contributed by atoms with Crippen molar-refractivity contribution in [1.29, 1.82) is 0 Å². The van der Waals surface area contributed by atoms with Gasteiger partial charge in [0.15, 0.2) is 5.58 Å². The van der Waals surface area contributed by atoms with Gasteiger partial charge in [0.1, 0.15) is 5.52 Å². The van der Waals surface area contributed by atoms with E-state index in [-0.39, 0.29) is 5.69 Å². The second-order valence-corrected chi connectivity index (χ2v) is 7.05. The maximum atomic E-state index is 10.8. The molecule has 4 rings (SSSR count). The maximum Gasteiger partial charge on any atom is 0.271 e. The van der Waals surface area contributed by atoms with Crippen LogP contribution in [-0.2, 0) is 6.54 Å². The van der Waals surface area contributed by atoms with E-state index >= 15 is 0 Å². The van der Waals surface area contributed by atoms with Crippen molar-refractivity contribution in [3.8, 4) is 0 Å². The summed E-state index contributed by atoms with van der Waals surface area (Å²) in [6, 6.07) is 4.47. The summed E-state index contributed by atoms with van der Waals surface area (Å²) in [4.78, 5) is 17.1. The lowest BCUT2D eigenvalue weighted by Gasteiger charge is -2.47. The standard InChI is InChI=1S/C17H21N3O4/c21-17-6-2-1-3-12(17)10-19(8-7-17)11-16-18-14-9-13(20(22)23)4-5-15(14)24-16/h4-5,9,12,21H,1-3,6-8,10-11H2/t12-,17-/m1/s1. The SMILES string of the molecule is O=[N+]([O-])c1ccc2oc(CN3CC[C@]4(O)CCCC[C@@H]4C3)nc2c1. The highest BCUT2D eigenvalue weighted by Crippen LogP contribution is 2.40. The topological polar surface area (TPSA) is 92.6 Å². The van der Waals surface area contributed by atoms with Crippen molar-refractivity contribution in [3.05, 3.63) is 34.2 Å². The predicted molar refractivity (Wildman–Crippen MR) is 87.5 cm³/mol. The predicted octanol–water partition coefficient (Wildman–Crippen LogP) is 2.86. The van der Waals surface area contributed by atoms with E-state index in [1.807, 2.05) is 0 Å². The Balaban J connectivity index is 1.49. The van der Waals surface area contributed by atoms with Gasteiger partial charge in [0.2, 0.25) is 5.89 Å². The molecule has 1 aliphatic heterocycles. The van der Waals surface area contributed by atoms with Gasteiger partial charge in [0, 0.05) is 31.1 Å². The van der Waals surface area contributed by atoms with Crippen LogP contribution in [0.25, 0.3) is 11.1 Å². The number of rotatable bonds is 3. The molecule has 0 amide bonds. The van der Waals surface area contributed by atoms with Crippen molar-refractivity contribution in [2.75, 3.05) is 13.1 Å². The Hall–Kier alpha value is -1.99. The van der Waals surface area contributed by atoms with E-state index in [2.05, 4.69) is 9.88 Å². The second-order valence-electron chi connectivity index (χ2n) is 7.05. The number of nitrogens with zero attached hydrogens (tertiary/aromatic N) is 3. The lowest BCUT2D eigenvalue weighted by Crippen LogP contribution is -2.52. The fourth-order valence-electron chi connectivity index (χ4n) is 4.12. The Kier molecular flexibility index (Phi) is 3.77. The van der Waals surface area contributed by atoms with Crippen LogP contribution >= 0.6 is 0 Å². The number of non-ortho nitro benzene ring substituents is 1. The minimum Gasteiger partial charge on any atom is -0.439 e. The number of aliphatic hydroxyl groups is 1. The molecule has 2 heterocycles. The number of fused-ring (bicyclic) bond motifs is 2. The van der Waals surface area contributed by atoms with Crippen LogP contribution in [0.4, 0.5) is 5.69 Å². The van der Waals surface area contributed by atoms with E-state index in [4.69, 9.17) is 4.42 Å². The van der Waals surface area contributed by atoms with Gasteiger partial charge in [-0.05, 0) is 25.3 Å². The number of nitro benzene ring substituents is 1. The minimum atomic E-state index is -0.489. The van der Waals surface area contributed by atoms with Crippen molar-refractivity contribution in [2.45, 2.75) is 44.2 Å². The van der Waals surface area contributed by atoms with Gasteiger partial charge < -0.3 is 9.52 Å². The number of oxazole rings is 1. The number of piperidine rings is 1. The molecule has 1 aromatic carbocycles. The monoisotopic (exact) mass is 331 g/mol. The molecule has 2 aliphatic rings. The molecule has 2 atom stereocenters. The third kappa shape index (κ3) is 2.78. The smallest absolute Gasteiger partial charge is 0.271 e. The zero-order chi connectivity index (χ0) is 16.7. The molecule has 0 bridgehead atoms. The molecular formula is C17H21N3O4. The quantitative estimate of drug-likeness (QED) is 0.687. The van der Waals surface area contributed by atoms with E-state index in [1.54, 1.807) is 6.07 Å². The van der Waals surface area contributed by atoms with E-state index in [0.717, 1.165) is 38.8 Å². The molecule has 1 N–H and O–H groups in total. The number of aromatic nitrogens is 1. The molecule has 0 radical (unpaired) electrons. The molecule has 7 nitrogen and oxygen atoms in total. The lowest BCUT2D eigenvalue weighted by molar-refractivity contribution is -0.384. The Morgan fingerprint density at radius 2 is 2.29 bits per heavy atom. The average molecular weight is 331 g/mol. The molecule has 2 fully saturated rings. The highest BCUT2D eigenvalue weighted by molar-refractivity contribution is 5.75. The van der Waals surface area contributed by atoms with Crippen LogP contribution in [0.5, 0.6) is 0 Å². The number of hydrogen-bond donors (Lipinski definition) is 1. The van der Waals surface area contributed by atoms with Gasteiger partial charge in [-0.25, -0.2) is 4.98 Å². The molecule has 1 saturated carbocycles. The van der Waals surface area contributed by atoms with Crippen LogP contribution in [0.1, 0.15) is 38.0 Å². The van der Waals surface area contributed by atoms with Crippen LogP contribution in [0.3, 0.4) is 0 Å². The molecule has 1 aliphatic carbocycles. The first-order valence-corrected chi connectivity index (χ1v) is 8.52. The highest BCUT2D eigenvalue weighted by atomic mass is 16.6. The number of likely N-dealkylation sites (tertiary alicyclic amines) is 1.